The topological polar surface area (TPSA) is 41.1 Å². The Morgan fingerprint density at radius 1 is 1.29 bits per heavy atom. The minimum absolute atomic E-state index is 0.253. The van der Waals surface area contributed by atoms with Crippen LogP contribution in [0.4, 0.5) is 8.78 Å². The van der Waals surface area contributed by atoms with Gasteiger partial charge in [0, 0.05) is 19.1 Å². The standard InChI is InChI=1S/C12H14F2N2O/c13-8-1-4-11(14)10(7-8)12(17)16-6-5-15-9-2-3-9/h1,4,7,9,15H,2-3,5-6H2,(H,16,17). The molecule has 0 aliphatic heterocycles. The molecule has 1 fully saturated rings. The Bertz CT molecular complexity index is 419. The van der Waals surface area contributed by atoms with Crippen LogP contribution in [0.1, 0.15) is 23.2 Å². The van der Waals surface area contributed by atoms with Crippen molar-refractivity contribution in [3.8, 4) is 0 Å². The molecule has 1 aliphatic carbocycles. The van der Waals surface area contributed by atoms with Gasteiger partial charge in [-0.05, 0) is 31.0 Å². The van der Waals surface area contributed by atoms with E-state index in [0.29, 0.717) is 19.1 Å². The zero-order valence-electron chi connectivity index (χ0n) is 9.30. The Morgan fingerprint density at radius 3 is 2.76 bits per heavy atom. The normalized spacial score (nSPS) is 14.7. The molecule has 3 nitrogen and oxygen atoms in total. The van der Waals surface area contributed by atoms with Gasteiger partial charge in [0.2, 0.25) is 0 Å². The fourth-order valence-electron chi connectivity index (χ4n) is 1.51. The molecule has 2 rings (SSSR count). The maximum atomic E-state index is 13.2. The summed E-state index contributed by atoms with van der Waals surface area (Å²) in [7, 11) is 0. The molecule has 0 atom stereocenters. The molecule has 0 bridgehead atoms. The van der Waals surface area contributed by atoms with Crippen molar-refractivity contribution in [2.75, 3.05) is 13.1 Å². The predicted octanol–water partition coefficient (Wildman–Crippen LogP) is 1.45. The van der Waals surface area contributed by atoms with Crippen molar-refractivity contribution in [1.29, 1.82) is 0 Å². The molecule has 5 heteroatoms. The van der Waals surface area contributed by atoms with E-state index < -0.39 is 17.5 Å². The lowest BCUT2D eigenvalue weighted by atomic mass is 10.2. The van der Waals surface area contributed by atoms with Gasteiger partial charge in [-0.2, -0.15) is 0 Å². The lowest BCUT2D eigenvalue weighted by Gasteiger charge is -2.06. The highest BCUT2D eigenvalue weighted by atomic mass is 19.1. The third kappa shape index (κ3) is 3.49. The largest absolute Gasteiger partial charge is 0.351 e. The van der Waals surface area contributed by atoms with E-state index in [9.17, 15) is 13.6 Å². The molecular weight excluding hydrogens is 226 g/mol. The molecule has 17 heavy (non-hydrogen) atoms. The molecule has 0 spiro atoms. The number of hydrogen-bond donors (Lipinski definition) is 2. The van der Waals surface area contributed by atoms with Crippen molar-refractivity contribution in [3.05, 3.63) is 35.4 Å². The van der Waals surface area contributed by atoms with Crippen molar-refractivity contribution < 1.29 is 13.6 Å². The number of benzene rings is 1. The van der Waals surface area contributed by atoms with Crippen LogP contribution in [0.2, 0.25) is 0 Å². The van der Waals surface area contributed by atoms with E-state index in [-0.39, 0.29) is 5.56 Å². The highest BCUT2D eigenvalue weighted by molar-refractivity contribution is 5.94. The van der Waals surface area contributed by atoms with Crippen molar-refractivity contribution in [1.82, 2.24) is 10.6 Å². The van der Waals surface area contributed by atoms with E-state index in [0.717, 1.165) is 18.2 Å². The van der Waals surface area contributed by atoms with Crippen molar-refractivity contribution in [3.63, 3.8) is 0 Å². The average Bonchev–Trinajstić information content (AvgIpc) is 3.11. The summed E-state index contributed by atoms with van der Waals surface area (Å²) < 4.78 is 26.1. The van der Waals surface area contributed by atoms with Gasteiger partial charge in [0.1, 0.15) is 11.6 Å². The van der Waals surface area contributed by atoms with Gasteiger partial charge in [-0.15, -0.1) is 0 Å². The molecule has 1 aromatic carbocycles. The summed E-state index contributed by atoms with van der Waals surface area (Å²) >= 11 is 0. The first-order chi connectivity index (χ1) is 8.16. The minimum atomic E-state index is -0.709. The first-order valence-corrected chi connectivity index (χ1v) is 5.63. The zero-order chi connectivity index (χ0) is 12.3. The number of hydrogen-bond acceptors (Lipinski definition) is 2. The smallest absolute Gasteiger partial charge is 0.254 e. The SMILES string of the molecule is O=C(NCCNC1CC1)c1cc(F)ccc1F. The Morgan fingerprint density at radius 2 is 2.06 bits per heavy atom. The van der Waals surface area contributed by atoms with Gasteiger partial charge in [0.25, 0.3) is 5.91 Å². The van der Waals surface area contributed by atoms with Gasteiger partial charge >= 0.3 is 0 Å². The van der Waals surface area contributed by atoms with Crippen LogP contribution in [0, 0.1) is 11.6 Å². The van der Waals surface area contributed by atoms with Gasteiger partial charge in [0.05, 0.1) is 5.56 Å². The zero-order valence-corrected chi connectivity index (χ0v) is 9.30. The molecule has 1 aromatic rings. The van der Waals surface area contributed by atoms with Crippen LogP contribution >= 0.6 is 0 Å². The van der Waals surface area contributed by atoms with Crippen LogP contribution in [0.25, 0.3) is 0 Å². The quantitative estimate of drug-likeness (QED) is 0.765. The van der Waals surface area contributed by atoms with E-state index >= 15 is 0 Å². The molecule has 0 unspecified atom stereocenters. The Labute approximate surface area is 98.2 Å². The fourth-order valence-corrected chi connectivity index (χ4v) is 1.51. The molecule has 0 heterocycles. The molecule has 0 saturated heterocycles. The van der Waals surface area contributed by atoms with Crippen molar-refractivity contribution in [2.45, 2.75) is 18.9 Å². The summed E-state index contributed by atoms with van der Waals surface area (Å²) in [6.45, 7) is 1.05. The number of rotatable bonds is 5. The van der Waals surface area contributed by atoms with E-state index in [2.05, 4.69) is 10.6 Å². The molecule has 0 aromatic heterocycles. The summed E-state index contributed by atoms with van der Waals surface area (Å²) in [5, 5.41) is 5.75. The summed E-state index contributed by atoms with van der Waals surface area (Å²) in [4.78, 5) is 11.5. The lowest BCUT2D eigenvalue weighted by Crippen LogP contribution is -2.33. The molecule has 1 aliphatic rings. The molecule has 1 saturated carbocycles. The number of amides is 1. The van der Waals surface area contributed by atoms with Crippen LogP contribution in [0.5, 0.6) is 0 Å². The van der Waals surface area contributed by atoms with Gasteiger partial charge in [-0.1, -0.05) is 0 Å². The fraction of sp³-hybridized carbons (Fsp3) is 0.417. The van der Waals surface area contributed by atoms with Crippen LogP contribution in [-0.4, -0.2) is 25.0 Å². The molecule has 92 valence electrons. The summed E-state index contributed by atoms with van der Waals surface area (Å²) in [5.41, 5.74) is -0.253. The maximum absolute atomic E-state index is 13.2. The van der Waals surface area contributed by atoms with Gasteiger partial charge in [0.15, 0.2) is 0 Å². The van der Waals surface area contributed by atoms with E-state index in [1.807, 2.05) is 0 Å². The third-order valence-electron chi connectivity index (χ3n) is 2.59. The first kappa shape index (κ1) is 12.0. The molecule has 0 radical (unpaired) electrons. The highest BCUT2D eigenvalue weighted by Crippen LogP contribution is 2.17. The first-order valence-electron chi connectivity index (χ1n) is 5.63. The number of halogens is 2. The third-order valence-corrected chi connectivity index (χ3v) is 2.59. The van der Waals surface area contributed by atoms with Crippen LogP contribution < -0.4 is 10.6 Å². The Hall–Kier alpha value is -1.49. The summed E-state index contributed by atoms with van der Waals surface area (Å²) in [6.07, 6.45) is 2.35. The van der Waals surface area contributed by atoms with E-state index in [1.165, 1.54) is 12.8 Å². The Kier molecular flexibility index (Phi) is 3.68. The lowest BCUT2D eigenvalue weighted by molar-refractivity contribution is 0.0949. The van der Waals surface area contributed by atoms with Crippen LogP contribution in [-0.2, 0) is 0 Å². The van der Waals surface area contributed by atoms with Gasteiger partial charge < -0.3 is 10.6 Å². The highest BCUT2D eigenvalue weighted by Gasteiger charge is 2.19. The van der Waals surface area contributed by atoms with Crippen LogP contribution in [0.3, 0.4) is 0 Å². The Balaban J connectivity index is 1.82. The second kappa shape index (κ2) is 5.23. The second-order valence-electron chi connectivity index (χ2n) is 4.11. The van der Waals surface area contributed by atoms with Crippen molar-refractivity contribution in [2.24, 2.45) is 0 Å². The maximum Gasteiger partial charge on any atom is 0.254 e. The summed E-state index contributed by atoms with van der Waals surface area (Å²) in [6, 6.07) is 3.41. The monoisotopic (exact) mass is 240 g/mol. The average molecular weight is 240 g/mol. The number of carbonyl (C=O) groups excluding carboxylic acids is 1. The molecular formula is C12H14F2N2O. The van der Waals surface area contributed by atoms with Gasteiger partial charge in [-0.3, -0.25) is 4.79 Å². The number of carbonyl (C=O) groups is 1. The molecule has 1 amide bonds. The van der Waals surface area contributed by atoms with E-state index in [1.54, 1.807) is 0 Å². The second-order valence-corrected chi connectivity index (χ2v) is 4.11. The number of nitrogens with one attached hydrogen (secondary N) is 2. The minimum Gasteiger partial charge on any atom is -0.351 e. The predicted molar refractivity (Wildman–Crippen MR) is 59.7 cm³/mol. The van der Waals surface area contributed by atoms with Crippen LogP contribution in [0.15, 0.2) is 18.2 Å². The van der Waals surface area contributed by atoms with E-state index in [4.69, 9.17) is 0 Å². The van der Waals surface area contributed by atoms with Crippen molar-refractivity contribution >= 4 is 5.91 Å². The summed E-state index contributed by atoms with van der Waals surface area (Å²) in [5.74, 6) is -1.91. The molecule has 2 N–H and O–H groups in total. The van der Waals surface area contributed by atoms with Gasteiger partial charge in [-0.25, -0.2) is 8.78 Å².